The lowest BCUT2D eigenvalue weighted by Gasteiger charge is -2.16. The van der Waals surface area contributed by atoms with Crippen LogP contribution in [0.1, 0.15) is 33.0 Å². The first-order chi connectivity index (χ1) is 21.3. The summed E-state index contributed by atoms with van der Waals surface area (Å²) in [7, 11) is 3.56. The number of halogens is 2. The van der Waals surface area contributed by atoms with Crippen molar-refractivity contribution in [3.8, 4) is 33.5 Å². The van der Waals surface area contributed by atoms with Crippen molar-refractivity contribution in [1.82, 2.24) is 3.97 Å². The first kappa shape index (κ1) is 30.1. The van der Waals surface area contributed by atoms with Crippen molar-refractivity contribution in [3.05, 3.63) is 136 Å². The third-order valence-electron chi connectivity index (χ3n) is 7.80. The Labute approximate surface area is 268 Å². The van der Waals surface area contributed by atoms with Crippen molar-refractivity contribution in [2.24, 2.45) is 0 Å². The molecule has 0 radical (unpaired) electrons. The minimum Gasteiger partial charge on any atom is -0.465 e. The minimum absolute atomic E-state index is 0.401. The molecule has 0 aliphatic heterocycles. The molecule has 44 heavy (non-hydrogen) atoms. The molecule has 3 nitrogen and oxygen atoms in total. The molecule has 220 valence electrons. The molecule has 0 amide bonds. The number of carbonyl (C=O) groups is 1. The van der Waals surface area contributed by atoms with E-state index in [1.54, 1.807) is 24.1 Å². The molecular formula is C37H30ClFNO2PS. The van der Waals surface area contributed by atoms with E-state index in [-0.39, 0.29) is 0 Å². The standard InChI is InChI=1S/C37H30ClFNO2PS/c1-22-8-6-9-23(2)33(22)34-30-12-4-5-13-32(30)40(44-28-17-14-24(15-18-28)36(39)43)35(34)26-11-7-10-25(20-26)29-19-16-27(21-31(29)38)37(41)42-3/h4-21,36H,43H2,1-3H3. The van der Waals surface area contributed by atoms with Gasteiger partial charge in [-0.1, -0.05) is 93.6 Å². The van der Waals surface area contributed by atoms with Gasteiger partial charge in [0.1, 0.15) is 5.91 Å². The topological polar surface area (TPSA) is 31.2 Å². The van der Waals surface area contributed by atoms with Crippen LogP contribution in [-0.2, 0) is 4.74 Å². The molecule has 1 aromatic heterocycles. The van der Waals surface area contributed by atoms with Crippen LogP contribution in [0.15, 0.2) is 114 Å². The number of benzene rings is 5. The fourth-order valence-corrected chi connectivity index (χ4v) is 7.20. The Hall–Kier alpha value is -3.89. The number of fused-ring (bicyclic) bond motifs is 1. The number of ether oxygens (including phenoxy) is 1. The van der Waals surface area contributed by atoms with E-state index < -0.39 is 11.9 Å². The molecule has 7 heteroatoms. The van der Waals surface area contributed by atoms with Crippen molar-refractivity contribution >= 4 is 49.7 Å². The number of nitrogens with zero attached hydrogens (tertiary/aromatic N) is 1. The van der Waals surface area contributed by atoms with Crippen LogP contribution < -0.4 is 0 Å². The maximum absolute atomic E-state index is 14.0. The summed E-state index contributed by atoms with van der Waals surface area (Å²) >= 11 is 8.33. The van der Waals surface area contributed by atoms with Crippen LogP contribution in [-0.4, -0.2) is 17.1 Å². The number of aromatic nitrogens is 1. The second kappa shape index (κ2) is 12.6. The van der Waals surface area contributed by atoms with Crippen molar-refractivity contribution in [1.29, 1.82) is 0 Å². The molecule has 6 rings (SSSR count). The largest absolute Gasteiger partial charge is 0.465 e. The van der Waals surface area contributed by atoms with Gasteiger partial charge in [0.25, 0.3) is 0 Å². The van der Waals surface area contributed by atoms with E-state index in [1.165, 1.54) is 23.8 Å². The van der Waals surface area contributed by atoms with Gasteiger partial charge in [0.15, 0.2) is 0 Å². The van der Waals surface area contributed by atoms with Gasteiger partial charge in [0, 0.05) is 32.0 Å². The normalized spacial score (nSPS) is 12.0. The molecule has 0 bridgehead atoms. The van der Waals surface area contributed by atoms with Gasteiger partial charge in [-0.2, -0.15) is 0 Å². The van der Waals surface area contributed by atoms with Crippen LogP contribution >= 0.6 is 32.8 Å². The summed E-state index contributed by atoms with van der Waals surface area (Å²) in [6.45, 7) is 4.30. The van der Waals surface area contributed by atoms with Gasteiger partial charge in [0.2, 0.25) is 0 Å². The lowest BCUT2D eigenvalue weighted by atomic mass is 9.91. The predicted molar refractivity (Wildman–Crippen MR) is 185 cm³/mol. The Balaban J connectivity index is 1.60. The number of rotatable bonds is 7. The highest BCUT2D eigenvalue weighted by atomic mass is 35.5. The van der Waals surface area contributed by atoms with E-state index in [4.69, 9.17) is 16.3 Å². The van der Waals surface area contributed by atoms with E-state index in [0.29, 0.717) is 16.1 Å². The molecular weight excluding hydrogens is 608 g/mol. The fraction of sp³-hybridized carbons (Fsp3) is 0.108. The zero-order valence-electron chi connectivity index (χ0n) is 24.5. The molecule has 1 heterocycles. The summed E-state index contributed by atoms with van der Waals surface area (Å²) in [5, 5.41) is 1.61. The van der Waals surface area contributed by atoms with Gasteiger partial charge in [0.05, 0.1) is 23.9 Å². The summed E-state index contributed by atoms with van der Waals surface area (Å²) in [5.41, 5.74) is 10.6. The molecule has 0 saturated carbocycles. The monoisotopic (exact) mass is 637 g/mol. The molecule has 0 fully saturated rings. The first-order valence-corrected chi connectivity index (χ1v) is 15.9. The number of para-hydroxylation sites is 1. The van der Waals surface area contributed by atoms with Gasteiger partial charge < -0.3 is 4.74 Å². The quantitative estimate of drug-likeness (QED) is 0.129. The van der Waals surface area contributed by atoms with Gasteiger partial charge in [-0.3, -0.25) is 3.97 Å². The molecule has 0 aliphatic rings. The number of aryl methyl sites for hydroxylation is 2. The van der Waals surface area contributed by atoms with Crippen LogP contribution in [0.4, 0.5) is 4.39 Å². The summed E-state index contributed by atoms with van der Waals surface area (Å²) < 4.78 is 21.1. The van der Waals surface area contributed by atoms with Crippen LogP contribution in [0.25, 0.3) is 44.4 Å². The van der Waals surface area contributed by atoms with Crippen molar-refractivity contribution in [3.63, 3.8) is 0 Å². The maximum atomic E-state index is 14.0. The number of esters is 1. The summed E-state index contributed by atoms with van der Waals surface area (Å²) in [6, 6.07) is 36.0. The summed E-state index contributed by atoms with van der Waals surface area (Å²) in [6.07, 6.45) is 0. The minimum atomic E-state index is -1.11. The smallest absolute Gasteiger partial charge is 0.337 e. The Bertz CT molecular complexity index is 2000. The Morgan fingerprint density at radius 1 is 0.841 bits per heavy atom. The highest BCUT2D eigenvalue weighted by Gasteiger charge is 2.24. The maximum Gasteiger partial charge on any atom is 0.337 e. The summed E-state index contributed by atoms with van der Waals surface area (Å²) in [4.78, 5) is 13.1. The van der Waals surface area contributed by atoms with Crippen LogP contribution in [0.2, 0.25) is 5.02 Å². The van der Waals surface area contributed by atoms with E-state index in [0.717, 1.165) is 43.7 Å². The average Bonchev–Trinajstić information content (AvgIpc) is 3.34. The number of hydrogen-bond donors (Lipinski definition) is 0. The Kier molecular flexibility index (Phi) is 8.64. The zero-order valence-corrected chi connectivity index (χ0v) is 27.2. The molecule has 6 aromatic rings. The summed E-state index contributed by atoms with van der Waals surface area (Å²) in [5.74, 6) is -1.54. The number of alkyl halides is 1. The van der Waals surface area contributed by atoms with Crippen molar-refractivity contribution < 1.29 is 13.9 Å². The molecule has 0 spiro atoms. The lowest BCUT2D eigenvalue weighted by Crippen LogP contribution is -2.01. The highest BCUT2D eigenvalue weighted by molar-refractivity contribution is 7.98. The number of hydrogen-bond acceptors (Lipinski definition) is 3. The predicted octanol–water partition coefficient (Wildman–Crippen LogP) is 11.1. The molecule has 0 aliphatic carbocycles. The second-order valence-electron chi connectivity index (χ2n) is 10.6. The highest BCUT2D eigenvalue weighted by Crippen LogP contribution is 2.47. The van der Waals surface area contributed by atoms with E-state index in [1.807, 2.05) is 42.5 Å². The van der Waals surface area contributed by atoms with E-state index >= 15 is 0 Å². The Morgan fingerprint density at radius 3 is 2.20 bits per heavy atom. The second-order valence-corrected chi connectivity index (χ2v) is 12.6. The Morgan fingerprint density at radius 2 is 1.52 bits per heavy atom. The van der Waals surface area contributed by atoms with Crippen LogP contribution in [0, 0.1) is 13.8 Å². The van der Waals surface area contributed by atoms with Crippen LogP contribution in [0.3, 0.4) is 0 Å². The zero-order chi connectivity index (χ0) is 31.0. The number of methoxy groups -OCH3 is 1. The fourth-order valence-electron chi connectivity index (χ4n) is 5.68. The van der Waals surface area contributed by atoms with Crippen molar-refractivity contribution in [2.45, 2.75) is 24.7 Å². The molecule has 0 saturated heterocycles. The van der Waals surface area contributed by atoms with Gasteiger partial charge in [-0.05, 0) is 90.0 Å². The lowest BCUT2D eigenvalue weighted by molar-refractivity contribution is 0.0600. The molecule has 0 N–H and O–H groups in total. The number of carbonyl (C=O) groups excluding carboxylic acids is 1. The third-order valence-corrected chi connectivity index (χ3v) is 9.54. The molecule has 5 aromatic carbocycles. The van der Waals surface area contributed by atoms with Crippen LogP contribution in [0.5, 0.6) is 0 Å². The third kappa shape index (κ3) is 5.68. The van der Waals surface area contributed by atoms with E-state index in [9.17, 15) is 9.18 Å². The van der Waals surface area contributed by atoms with Crippen molar-refractivity contribution in [2.75, 3.05) is 7.11 Å². The van der Waals surface area contributed by atoms with E-state index in [2.05, 4.69) is 81.7 Å². The SMILES string of the molecule is COC(=O)c1ccc(-c2cccc(-c3c(-c4c(C)cccc4C)c4ccccc4n3Sc3ccc(C(F)P)cc3)c2)c(Cl)c1. The van der Waals surface area contributed by atoms with Gasteiger partial charge >= 0.3 is 5.97 Å². The molecule has 2 unspecified atom stereocenters. The van der Waals surface area contributed by atoms with Gasteiger partial charge in [-0.25, -0.2) is 9.18 Å². The van der Waals surface area contributed by atoms with Gasteiger partial charge in [-0.15, -0.1) is 0 Å². The first-order valence-electron chi connectivity index (χ1n) is 14.1. The molecule has 2 atom stereocenters. The average molecular weight is 638 g/mol.